The summed E-state index contributed by atoms with van der Waals surface area (Å²) in [6.07, 6.45) is 1.05. The largest absolute Gasteiger partial charge is 0.494 e. The van der Waals surface area contributed by atoms with Gasteiger partial charge < -0.3 is 10.1 Å². The van der Waals surface area contributed by atoms with Crippen LogP contribution in [0.15, 0.2) is 30.3 Å². The molecule has 2 rings (SSSR count). The molecule has 1 unspecified atom stereocenters. The van der Waals surface area contributed by atoms with E-state index < -0.39 is 0 Å². The van der Waals surface area contributed by atoms with E-state index in [0.717, 1.165) is 12.2 Å². The molecule has 5 heteroatoms. The number of amides is 2. The molecule has 0 spiro atoms. The summed E-state index contributed by atoms with van der Waals surface area (Å²) in [6, 6.07) is 9.17. The first kappa shape index (κ1) is 15.5. The zero-order valence-corrected chi connectivity index (χ0v) is 12.5. The Bertz CT molecular complexity index is 488. The second-order valence-electron chi connectivity index (χ2n) is 5.42. The number of carbonyl (C=O) groups is 2. The minimum Gasteiger partial charge on any atom is -0.494 e. The lowest BCUT2D eigenvalue weighted by molar-refractivity contribution is -0.140. The molecule has 1 aliphatic rings. The molecule has 114 valence electrons. The van der Waals surface area contributed by atoms with E-state index in [2.05, 4.69) is 5.32 Å². The predicted molar refractivity (Wildman–Crippen MR) is 80.0 cm³/mol. The van der Waals surface area contributed by atoms with E-state index in [9.17, 15) is 9.59 Å². The first-order valence-corrected chi connectivity index (χ1v) is 7.36. The molecule has 0 radical (unpaired) electrons. The van der Waals surface area contributed by atoms with Crippen molar-refractivity contribution < 1.29 is 14.3 Å². The topological polar surface area (TPSA) is 58.6 Å². The number of hydrogen-bond acceptors (Lipinski definition) is 4. The molecule has 1 atom stereocenters. The molecular weight excluding hydrogens is 268 g/mol. The van der Waals surface area contributed by atoms with Crippen LogP contribution in [0.25, 0.3) is 0 Å². The van der Waals surface area contributed by atoms with Crippen LogP contribution in [0.3, 0.4) is 0 Å². The van der Waals surface area contributed by atoms with E-state index in [1.807, 2.05) is 44.2 Å². The van der Waals surface area contributed by atoms with Crippen LogP contribution >= 0.6 is 0 Å². The van der Waals surface area contributed by atoms with Gasteiger partial charge in [-0.2, -0.15) is 0 Å². The molecule has 0 aromatic heterocycles. The molecular formula is C16H22N2O3. The van der Waals surface area contributed by atoms with Crippen LogP contribution in [0.5, 0.6) is 5.75 Å². The SMILES string of the molecule is CC(C)N1C(=O)CC(NCCCOc2ccccc2)C1=O. The van der Waals surface area contributed by atoms with E-state index in [1.54, 1.807) is 0 Å². The van der Waals surface area contributed by atoms with Crippen molar-refractivity contribution in [1.29, 1.82) is 0 Å². The number of imide groups is 1. The van der Waals surface area contributed by atoms with E-state index in [1.165, 1.54) is 4.90 Å². The highest BCUT2D eigenvalue weighted by Gasteiger charge is 2.39. The molecule has 2 amide bonds. The van der Waals surface area contributed by atoms with E-state index in [4.69, 9.17) is 4.74 Å². The van der Waals surface area contributed by atoms with Gasteiger partial charge in [0.15, 0.2) is 0 Å². The van der Waals surface area contributed by atoms with Gasteiger partial charge in [-0.15, -0.1) is 0 Å². The summed E-state index contributed by atoms with van der Waals surface area (Å²) in [5.41, 5.74) is 0. The van der Waals surface area contributed by atoms with Crippen molar-refractivity contribution in [2.45, 2.75) is 38.8 Å². The third kappa shape index (κ3) is 4.04. The van der Waals surface area contributed by atoms with Gasteiger partial charge in [-0.1, -0.05) is 18.2 Å². The summed E-state index contributed by atoms with van der Waals surface area (Å²) in [4.78, 5) is 25.2. The number of carbonyl (C=O) groups excluding carboxylic acids is 2. The molecule has 1 aliphatic heterocycles. The standard InChI is InChI=1S/C16H22N2O3/c1-12(2)18-15(19)11-14(16(18)20)17-9-6-10-21-13-7-4-3-5-8-13/h3-5,7-8,12,14,17H,6,9-11H2,1-2H3. The fraction of sp³-hybridized carbons (Fsp3) is 0.500. The summed E-state index contributed by atoms with van der Waals surface area (Å²) in [5, 5.41) is 3.14. The van der Waals surface area contributed by atoms with Gasteiger partial charge in [0.1, 0.15) is 5.75 Å². The van der Waals surface area contributed by atoms with Gasteiger partial charge in [0, 0.05) is 6.04 Å². The van der Waals surface area contributed by atoms with Crippen molar-refractivity contribution >= 4 is 11.8 Å². The lowest BCUT2D eigenvalue weighted by Crippen LogP contribution is -2.42. The van der Waals surface area contributed by atoms with Crippen LogP contribution in [0.2, 0.25) is 0 Å². The van der Waals surface area contributed by atoms with Crippen LogP contribution in [-0.2, 0) is 9.59 Å². The average Bonchev–Trinajstić information content (AvgIpc) is 2.74. The number of benzene rings is 1. The zero-order chi connectivity index (χ0) is 15.2. The molecule has 0 saturated carbocycles. The van der Waals surface area contributed by atoms with E-state index in [-0.39, 0.29) is 30.3 Å². The number of para-hydroxylation sites is 1. The first-order chi connectivity index (χ1) is 10.1. The lowest BCUT2D eigenvalue weighted by atomic mass is 10.2. The Morgan fingerprint density at radius 2 is 2.00 bits per heavy atom. The van der Waals surface area contributed by atoms with Crippen LogP contribution in [0, 0.1) is 0 Å². The van der Waals surface area contributed by atoms with Crippen LogP contribution in [0.1, 0.15) is 26.7 Å². The van der Waals surface area contributed by atoms with Crippen LogP contribution in [-0.4, -0.2) is 41.9 Å². The van der Waals surface area contributed by atoms with Gasteiger partial charge >= 0.3 is 0 Å². The van der Waals surface area contributed by atoms with Crippen molar-refractivity contribution in [3.63, 3.8) is 0 Å². The molecule has 0 bridgehead atoms. The maximum absolute atomic E-state index is 12.1. The Morgan fingerprint density at radius 3 is 2.62 bits per heavy atom. The monoisotopic (exact) mass is 290 g/mol. The molecule has 1 aromatic carbocycles. The van der Waals surface area contributed by atoms with Gasteiger partial charge in [0.25, 0.3) is 0 Å². The quantitative estimate of drug-likeness (QED) is 0.612. The Kier molecular flexibility index (Phi) is 5.33. The highest BCUT2D eigenvalue weighted by Crippen LogP contribution is 2.16. The minimum atomic E-state index is -0.378. The van der Waals surface area contributed by atoms with Gasteiger partial charge in [-0.25, -0.2) is 0 Å². The molecule has 21 heavy (non-hydrogen) atoms. The molecule has 1 N–H and O–H groups in total. The fourth-order valence-electron chi connectivity index (χ4n) is 2.41. The van der Waals surface area contributed by atoms with Crippen molar-refractivity contribution in [3.8, 4) is 5.75 Å². The third-order valence-corrected chi connectivity index (χ3v) is 3.42. The summed E-state index contributed by atoms with van der Waals surface area (Å²) >= 11 is 0. The Morgan fingerprint density at radius 1 is 1.29 bits per heavy atom. The summed E-state index contributed by atoms with van der Waals surface area (Å²) in [6.45, 7) is 4.94. The number of nitrogens with one attached hydrogen (secondary N) is 1. The summed E-state index contributed by atoms with van der Waals surface area (Å²) in [7, 11) is 0. The predicted octanol–water partition coefficient (Wildman–Crippen LogP) is 1.58. The first-order valence-electron chi connectivity index (χ1n) is 7.36. The van der Waals surface area contributed by atoms with Gasteiger partial charge in [-0.3, -0.25) is 14.5 Å². The number of rotatable bonds is 7. The second kappa shape index (κ2) is 7.22. The van der Waals surface area contributed by atoms with Crippen molar-refractivity contribution in [3.05, 3.63) is 30.3 Å². The lowest BCUT2D eigenvalue weighted by Gasteiger charge is -2.19. The smallest absolute Gasteiger partial charge is 0.247 e. The number of ether oxygens (including phenoxy) is 1. The minimum absolute atomic E-state index is 0.0711. The summed E-state index contributed by atoms with van der Waals surface area (Å²) < 4.78 is 5.58. The highest BCUT2D eigenvalue weighted by molar-refractivity contribution is 6.05. The fourth-order valence-corrected chi connectivity index (χ4v) is 2.41. The van der Waals surface area contributed by atoms with Crippen molar-refractivity contribution in [1.82, 2.24) is 10.2 Å². The zero-order valence-electron chi connectivity index (χ0n) is 12.5. The maximum atomic E-state index is 12.1. The Labute approximate surface area is 125 Å². The number of nitrogens with zero attached hydrogens (tertiary/aromatic N) is 1. The normalized spacial score (nSPS) is 18.6. The van der Waals surface area contributed by atoms with Gasteiger partial charge in [-0.05, 0) is 38.9 Å². The second-order valence-corrected chi connectivity index (χ2v) is 5.42. The van der Waals surface area contributed by atoms with E-state index in [0.29, 0.717) is 13.2 Å². The maximum Gasteiger partial charge on any atom is 0.247 e. The highest BCUT2D eigenvalue weighted by atomic mass is 16.5. The molecule has 1 fully saturated rings. The molecule has 0 aliphatic carbocycles. The van der Waals surface area contributed by atoms with Gasteiger partial charge in [0.2, 0.25) is 11.8 Å². The molecule has 1 heterocycles. The van der Waals surface area contributed by atoms with Crippen molar-refractivity contribution in [2.24, 2.45) is 0 Å². The van der Waals surface area contributed by atoms with Crippen molar-refractivity contribution in [2.75, 3.05) is 13.2 Å². The summed E-state index contributed by atoms with van der Waals surface area (Å²) in [5.74, 6) is 0.641. The van der Waals surface area contributed by atoms with Crippen LogP contribution in [0.4, 0.5) is 0 Å². The van der Waals surface area contributed by atoms with E-state index >= 15 is 0 Å². The number of hydrogen-bond donors (Lipinski definition) is 1. The third-order valence-electron chi connectivity index (χ3n) is 3.42. The van der Waals surface area contributed by atoms with Crippen LogP contribution < -0.4 is 10.1 Å². The van der Waals surface area contributed by atoms with Gasteiger partial charge in [0.05, 0.1) is 19.1 Å². The molecule has 1 aromatic rings. The molecule has 5 nitrogen and oxygen atoms in total. The Balaban J connectivity index is 1.68. The number of likely N-dealkylation sites (tertiary alicyclic amines) is 1. The average molecular weight is 290 g/mol. The molecule has 1 saturated heterocycles. The Hall–Kier alpha value is -1.88.